The lowest BCUT2D eigenvalue weighted by molar-refractivity contribution is -0.157. The summed E-state index contributed by atoms with van der Waals surface area (Å²) in [6.07, 6.45) is -4.42. The molecule has 8 aromatic rings. The maximum absolute atomic E-state index is 14.6. The van der Waals surface area contributed by atoms with Gasteiger partial charge in [-0.15, -0.1) is 0 Å². The zero-order valence-electron chi connectivity index (χ0n) is 52.6. The first-order chi connectivity index (χ1) is 46.1. The minimum atomic E-state index is -4.58. The Kier molecular flexibility index (Phi) is 20.5. The molecule has 9 N–H and O–H groups in total. The van der Waals surface area contributed by atoms with Crippen LogP contribution >= 0.6 is 15.5 Å². The van der Waals surface area contributed by atoms with Crippen molar-refractivity contribution >= 4 is 83.2 Å². The lowest BCUT2D eigenvalue weighted by Crippen LogP contribution is -2.44. The van der Waals surface area contributed by atoms with Gasteiger partial charge in [-0.05, 0) is 75.9 Å². The summed E-state index contributed by atoms with van der Waals surface area (Å²) >= 11 is 0. The highest BCUT2D eigenvalue weighted by Crippen LogP contribution is 2.51. The van der Waals surface area contributed by atoms with Crippen LogP contribution in [0.15, 0.2) is 110 Å². The number of hydrogen-bond acceptors (Lipinski definition) is 26. The van der Waals surface area contributed by atoms with Crippen molar-refractivity contribution in [3.8, 4) is 23.3 Å². The second kappa shape index (κ2) is 28.3. The van der Waals surface area contributed by atoms with E-state index in [0.717, 1.165) is 10.8 Å². The number of carbonyl (C=O) groups is 2. The Balaban J connectivity index is 0.000000197. The van der Waals surface area contributed by atoms with E-state index in [9.17, 15) is 56.7 Å². The van der Waals surface area contributed by atoms with Crippen molar-refractivity contribution in [2.75, 3.05) is 57.7 Å². The molecule has 4 aromatic heterocycles. The van der Waals surface area contributed by atoms with Gasteiger partial charge in [0.1, 0.15) is 59.2 Å². The topological polar surface area (TPSA) is 391 Å². The number of anilines is 2. The molecule has 0 saturated carbocycles. The molecule has 12 rings (SSSR count). The fraction of sp³-hybridized carbons (Fsp3) is 0.443. The molecule has 97 heavy (non-hydrogen) atoms. The minimum Gasteiger partial charge on any atom is -0.476 e. The van der Waals surface area contributed by atoms with Gasteiger partial charge in [-0.2, -0.15) is 38.9 Å². The molecule has 30 nitrogen and oxygen atoms in total. The number of esters is 2. The van der Waals surface area contributed by atoms with Gasteiger partial charge in [-0.25, -0.2) is 27.9 Å². The molecule has 2 fully saturated rings. The van der Waals surface area contributed by atoms with Crippen LogP contribution in [0.1, 0.15) is 65.8 Å². The van der Waals surface area contributed by atoms with Gasteiger partial charge in [0.2, 0.25) is 23.7 Å². The van der Waals surface area contributed by atoms with Gasteiger partial charge < -0.3 is 68.9 Å². The van der Waals surface area contributed by atoms with E-state index in [4.69, 9.17) is 52.2 Å². The van der Waals surface area contributed by atoms with Gasteiger partial charge in [0.25, 0.3) is 11.8 Å². The highest BCUT2D eigenvalue weighted by molar-refractivity contribution is 7.52. The molecular weight excluding hydrogens is 1330 g/mol. The van der Waals surface area contributed by atoms with Gasteiger partial charge in [0, 0.05) is 24.2 Å². The van der Waals surface area contributed by atoms with Gasteiger partial charge in [0.15, 0.2) is 48.0 Å². The summed E-state index contributed by atoms with van der Waals surface area (Å²) in [4.78, 5) is 51.2. The van der Waals surface area contributed by atoms with Crippen molar-refractivity contribution in [3.05, 3.63) is 110 Å². The first kappa shape index (κ1) is 70.1. The zero-order valence-corrected chi connectivity index (χ0v) is 54.4. The lowest BCUT2D eigenvalue weighted by Gasteiger charge is -2.27. The number of aromatic nitrogens is 8. The number of imidazole rings is 2. The number of nitrogen functional groups attached to an aromatic ring is 1. The van der Waals surface area contributed by atoms with Gasteiger partial charge >= 0.3 is 27.4 Å². The molecule has 12 bridgehead atoms. The molecule has 12 atom stereocenters. The molecule has 6 unspecified atom stereocenters. The number of nitrogens with two attached hydrogens (primary N) is 1. The van der Waals surface area contributed by atoms with Crippen LogP contribution in [0.4, 0.5) is 29.5 Å². The molecule has 0 radical (unpaired) electrons. The minimum absolute atomic E-state index is 0.0104. The third-order valence-electron chi connectivity index (χ3n) is 16.1. The number of aliphatic hydroxyl groups is 4. The summed E-state index contributed by atoms with van der Waals surface area (Å²) in [5.74, 6) is -9.00. The second-order valence-corrected chi connectivity index (χ2v) is 27.0. The fourth-order valence-electron chi connectivity index (χ4n) is 11.0. The highest BCUT2D eigenvalue weighted by atomic mass is 31.2. The number of nitrogens with zero attached hydrogens (tertiary/aromatic N) is 8. The number of nitrogens with one attached hydrogen (secondary N) is 3. The Bertz CT molecular complexity index is 4310. The van der Waals surface area contributed by atoms with E-state index in [0.29, 0.717) is 16.8 Å². The summed E-state index contributed by atoms with van der Waals surface area (Å²) < 4.78 is 146. The number of halogens is 4. The standard InChI is InChI=1S/C31H35F2N6O9P.C30H35F2N6O9P/c1-18-27(41)45-16-31(32,33)13-6-7-14-44-26-23-25(36-29(34-3)37-26)39(17-35-23)28-30(2,42)24(40)22(47-28)15-46-49(43,38-18)48-21-12-8-10-19-9-4-5-11-20(19)21;1-17-26(40)44-15-30(31,32)12-5-6-13-43-25-22-24(35-28(33)36-25)38(16-34-22)27-29(2,41)23(39)21(46-27)14-45-48(42,37-17)47-20-11-7-9-18-8-3-4-10-19(18)20/h4-6,8-13,17-18,22,24,28,40,42H,7,14-16H2,1-3H3,(H,38,43)(H,34,36,37);3-4,7-11,16-17,21,23,27,39,41H,5-6,12-15H2,1-2H3,(H,37,42)(H2,33,35,36)/t18-,22?,24+,28?,30+,49?;17-,21?,23+,27?,29+,48?/m00/s1. The predicted molar refractivity (Wildman–Crippen MR) is 338 cm³/mol. The zero-order chi connectivity index (χ0) is 69.2. The van der Waals surface area contributed by atoms with Crippen LogP contribution in [0.5, 0.6) is 23.3 Å². The van der Waals surface area contributed by atoms with Crippen LogP contribution in [-0.4, -0.2) is 178 Å². The Labute approximate surface area is 549 Å². The van der Waals surface area contributed by atoms with E-state index in [-0.39, 0.29) is 90.0 Å². The van der Waals surface area contributed by atoms with E-state index in [2.05, 4.69) is 45.4 Å². The average Bonchev–Trinajstić information content (AvgIpc) is 1.60. The van der Waals surface area contributed by atoms with Crippen LogP contribution in [0.25, 0.3) is 43.9 Å². The molecule has 0 spiro atoms. The summed E-state index contributed by atoms with van der Waals surface area (Å²) in [5, 5.41) is 55.6. The van der Waals surface area contributed by atoms with Crippen molar-refractivity contribution in [1.82, 2.24) is 49.2 Å². The highest BCUT2D eigenvalue weighted by Gasteiger charge is 2.56. The molecular formula is C61H70F4N12O18P2. The molecule has 8 heterocycles. The van der Waals surface area contributed by atoms with E-state index >= 15 is 0 Å². The number of rotatable bonds is 5. The summed E-state index contributed by atoms with van der Waals surface area (Å²) in [7, 11) is -7.57. The van der Waals surface area contributed by atoms with Gasteiger partial charge in [0.05, 0.1) is 39.1 Å². The van der Waals surface area contributed by atoms with E-state index < -0.39 is 132 Å². The first-order valence-electron chi connectivity index (χ1n) is 30.5. The molecule has 4 aliphatic heterocycles. The number of aliphatic hydroxyl groups excluding tert-OH is 2. The number of benzene rings is 4. The Morgan fingerprint density at radius 3 is 1.67 bits per heavy atom. The molecule has 0 amide bonds. The van der Waals surface area contributed by atoms with E-state index in [1.54, 1.807) is 79.8 Å². The van der Waals surface area contributed by atoms with Crippen molar-refractivity contribution < 1.29 is 103 Å². The number of cyclic esters (lactones) is 2. The monoisotopic (exact) mass is 1400 g/mol. The Morgan fingerprint density at radius 1 is 0.649 bits per heavy atom. The van der Waals surface area contributed by atoms with Crippen molar-refractivity contribution in [2.24, 2.45) is 0 Å². The maximum Gasteiger partial charge on any atom is 0.459 e. The SMILES string of the molecule is CNc1nc2c3ncn(c3n1)C1OC(COP(=O)(Oc3cccc4ccccc34)N[C@@H](C)C(=O)OCC(F)(F)C=CCCO2)[C@@H](O)[C@@]1(C)O.C[C@@H]1NP(=O)(Oc2cccc3ccccc23)OCC2OC(n3cnc4c(nc(N)nc43)OCCCCC(F)(F)COC1=O)[C@](C)(O)[C@@H]2O. The third-order valence-corrected chi connectivity index (χ3v) is 19.4. The van der Waals surface area contributed by atoms with E-state index in [1.165, 1.54) is 67.7 Å². The largest absolute Gasteiger partial charge is 0.476 e. The normalized spacial score (nSPS) is 30.0. The number of alkyl halides is 4. The lowest BCUT2D eigenvalue weighted by atomic mass is 9.96. The molecule has 4 aliphatic rings. The fourth-order valence-corrected chi connectivity index (χ4v) is 14.0. The van der Waals surface area contributed by atoms with Crippen molar-refractivity contribution in [3.63, 3.8) is 0 Å². The number of ether oxygens (including phenoxy) is 6. The molecule has 36 heteroatoms. The van der Waals surface area contributed by atoms with Gasteiger partial charge in [-0.3, -0.25) is 27.8 Å². The Hall–Kier alpha value is -8.24. The quantitative estimate of drug-likeness (QED) is 0.0364. The summed E-state index contributed by atoms with van der Waals surface area (Å²) in [5.41, 5.74) is 2.59. The van der Waals surface area contributed by atoms with Gasteiger partial charge in [-0.1, -0.05) is 78.9 Å². The van der Waals surface area contributed by atoms with E-state index in [1.807, 2.05) is 0 Å². The van der Waals surface area contributed by atoms with Crippen LogP contribution in [0.3, 0.4) is 0 Å². The molecule has 4 aromatic carbocycles. The number of carbonyl (C=O) groups excluding carboxylic acids is 2. The van der Waals surface area contributed by atoms with Crippen molar-refractivity contribution in [1.29, 1.82) is 0 Å². The summed E-state index contributed by atoms with van der Waals surface area (Å²) in [6, 6.07) is 21.3. The average molecular weight is 1400 g/mol. The smallest absolute Gasteiger partial charge is 0.459 e. The van der Waals surface area contributed by atoms with Crippen LogP contribution in [0, 0.1) is 0 Å². The third kappa shape index (κ3) is 15.5. The van der Waals surface area contributed by atoms with Crippen LogP contribution in [-0.2, 0) is 46.7 Å². The molecule has 0 aliphatic carbocycles. The number of fused-ring (bicyclic) bond motifs is 8. The Morgan fingerprint density at radius 2 is 1.13 bits per heavy atom. The number of hydrogen-bond donors (Lipinski definition) is 8. The van der Waals surface area contributed by atoms with Crippen molar-refractivity contribution in [2.45, 2.75) is 125 Å². The molecule has 520 valence electrons. The first-order valence-corrected chi connectivity index (χ1v) is 33.6. The predicted octanol–water partition coefficient (Wildman–Crippen LogP) is 7.22. The summed E-state index contributed by atoms with van der Waals surface area (Å²) in [6.45, 7) is 1.32. The second-order valence-electron chi connectivity index (χ2n) is 23.6. The maximum atomic E-state index is 14.6. The van der Waals surface area contributed by atoms with Crippen LogP contribution < -0.4 is 39.7 Å². The molecule has 2 saturated heterocycles. The van der Waals surface area contributed by atoms with Crippen LogP contribution in [0.2, 0.25) is 0 Å².